The topological polar surface area (TPSA) is 20.3 Å². The van der Waals surface area contributed by atoms with E-state index >= 15 is 0 Å². The molecule has 0 aliphatic heterocycles. The van der Waals surface area contributed by atoms with E-state index in [2.05, 4.69) is 32.8 Å². The molecule has 1 fully saturated rings. The van der Waals surface area contributed by atoms with Crippen LogP contribution in [0.2, 0.25) is 0 Å². The summed E-state index contributed by atoms with van der Waals surface area (Å²) in [5.74, 6) is 1.19. The molecule has 0 amide bonds. The predicted octanol–water partition coefficient (Wildman–Crippen LogP) is 4.04. The van der Waals surface area contributed by atoms with Crippen LogP contribution in [-0.2, 0) is 4.79 Å². The van der Waals surface area contributed by atoms with Crippen molar-refractivity contribution in [3.8, 4) is 0 Å². The van der Waals surface area contributed by atoms with Gasteiger partial charge in [0.1, 0.15) is 0 Å². The molecule has 2 unspecified atom stereocenters. The molecular weight excluding hydrogens is 222 g/mol. The minimum Gasteiger partial charge on any atom is -0.298 e. The van der Waals surface area contributed by atoms with Crippen LogP contribution in [0.4, 0.5) is 0 Å². The molecule has 0 bridgehead atoms. The van der Waals surface area contributed by atoms with Crippen LogP contribution >= 0.6 is 0 Å². The smallest absolute Gasteiger partial charge is 0.153 e. The summed E-state index contributed by atoms with van der Waals surface area (Å²) in [7, 11) is 4.17. The molecule has 0 spiro atoms. The van der Waals surface area contributed by atoms with Gasteiger partial charge in [0.25, 0.3) is 0 Å². The van der Waals surface area contributed by atoms with E-state index < -0.39 is 0 Å². The second-order valence-electron chi connectivity index (χ2n) is 6.36. The maximum atomic E-state index is 12.6. The summed E-state index contributed by atoms with van der Waals surface area (Å²) in [6, 6.07) is 0. The van der Waals surface area contributed by atoms with E-state index in [1.807, 2.05) is 0 Å². The first-order chi connectivity index (χ1) is 8.53. The number of carbonyl (C=O) groups is 1. The van der Waals surface area contributed by atoms with E-state index in [9.17, 15) is 4.79 Å². The molecule has 0 radical (unpaired) electrons. The van der Waals surface area contributed by atoms with E-state index in [0.717, 1.165) is 25.7 Å². The summed E-state index contributed by atoms with van der Waals surface area (Å²) >= 11 is 0. The Morgan fingerprint density at radius 1 is 1.28 bits per heavy atom. The number of hydrogen-bond acceptors (Lipinski definition) is 2. The molecule has 1 saturated carbocycles. The number of rotatable bonds is 7. The minimum absolute atomic E-state index is 0.149. The highest BCUT2D eigenvalue weighted by Crippen LogP contribution is 2.37. The standard InChI is InChI=1S/C16H31NO/c1-5-6-7-8-11-15(18)16(17(3)4)12-9-10-14(2)13-16/h14H,5-13H2,1-4H3. The van der Waals surface area contributed by atoms with Crippen molar-refractivity contribution in [1.29, 1.82) is 0 Å². The first kappa shape index (κ1) is 15.7. The SMILES string of the molecule is CCCCCCC(=O)C1(N(C)C)CCCC(C)C1. The summed E-state index contributed by atoms with van der Waals surface area (Å²) in [5, 5.41) is 0. The Labute approximate surface area is 113 Å². The lowest BCUT2D eigenvalue weighted by Gasteiger charge is -2.44. The number of unbranched alkanes of at least 4 members (excludes halogenated alkanes) is 3. The molecule has 0 saturated heterocycles. The molecule has 0 N–H and O–H groups in total. The molecule has 1 aliphatic carbocycles. The van der Waals surface area contributed by atoms with Crippen molar-refractivity contribution in [2.75, 3.05) is 14.1 Å². The molecule has 0 aromatic carbocycles. The number of likely N-dealkylation sites (N-methyl/N-ethyl adjacent to an activating group) is 1. The van der Waals surface area contributed by atoms with Crippen molar-refractivity contribution in [1.82, 2.24) is 4.90 Å². The molecule has 106 valence electrons. The lowest BCUT2D eigenvalue weighted by atomic mass is 9.72. The van der Waals surface area contributed by atoms with Crippen molar-refractivity contribution in [3.05, 3.63) is 0 Å². The Kier molecular flexibility index (Phi) is 6.34. The highest BCUT2D eigenvalue weighted by molar-refractivity contribution is 5.88. The molecule has 0 aromatic heterocycles. The molecule has 1 aliphatic rings. The van der Waals surface area contributed by atoms with Crippen LogP contribution in [0.25, 0.3) is 0 Å². The first-order valence-corrected chi connectivity index (χ1v) is 7.73. The number of ketones is 1. The lowest BCUT2D eigenvalue weighted by Crippen LogP contribution is -2.53. The quantitative estimate of drug-likeness (QED) is 0.638. The fraction of sp³-hybridized carbons (Fsp3) is 0.938. The van der Waals surface area contributed by atoms with E-state index in [4.69, 9.17) is 0 Å². The van der Waals surface area contributed by atoms with Crippen LogP contribution in [0.15, 0.2) is 0 Å². The Bertz CT molecular complexity index is 262. The zero-order valence-corrected chi connectivity index (χ0v) is 12.8. The van der Waals surface area contributed by atoms with Crippen LogP contribution in [0, 0.1) is 5.92 Å². The largest absolute Gasteiger partial charge is 0.298 e. The number of hydrogen-bond donors (Lipinski definition) is 0. The van der Waals surface area contributed by atoms with Crippen LogP contribution < -0.4 is 0 Å². The van der Waals surface area contributed by atoms with Gasteiger partial charge in [0.15, 0.2) is 5.78 Å². The number of nitrogens with zero attached hydrogens (tertiary/aromatic N) is 1. The van der Waals surface area contributed by atoms with Gasteiger partial charge in [-0.15, -0.1) is 0 Å². The second kappa shape index (κ2) is 7.28. The van der Waals surface area contributed by atoms with Crippen molar-refractivity contribution in [2.45, 2.75) is 77.2 Å². The van der Waals surface area contributed by atoms with Gasteiger partial charge in [-0.3, -0.25) is 9.69 Å². The average Bonchev–Trinajstić information content (AvgIpc) is 2.34. The van der Waals surface area contributed by atoms with Gasteiger partial charge in [0.2, 0.25) is 0 Å². The van der Waals surface area contributed by atoms with Crippen molar-refractivity contribution >= 4 is 5.78 Å². The molecule has 0 aromatic rings. The zero-order chi connectivity index (χ0) is 13.6. The van der Waals surface area contributed by atoms with Gasteiger partial charge in [-0.05, 0) is 39.3 Å². The summed E-state index contributed by atoms with van der Waals surface area (Å²) in [6.45, 7) is 4.51. The summed E-state index contributed by atoms with van der Waals surface area (Å²) in [6.07, 6.45) is 10.2. The maximum absolute atomic E-state index is 12.6. The zero-order valence-electron chi connectivity index (χ0n) is 12.8. The van der Waals surface area contributed by atoms with E-state index in [-0.39, 0.29) is 5.54 Å². The van der Waals surface area contributed by atoms with E-state index in [1.165, 1.54) is 32.1 Å². The van der Waals surface area contributed by atoms with Crippen LogP contribution in [0.3, 0.4) is 0 Å². The highest BCUT2D eigenvalue weighted by Gasteiger charge is 2.42. The van der Waals surface area contributed by atoms with Gasteiger partial charge in [0, 0.05) is 6.42 Å². The summed E-state index contributed by atoms with van der Waals surface area (Å²) in [5.41, 5.74) is -0.149. The summed E-state index contributed by atoms with van der Waals surface area (Å²) < 4.78 is 0. The molecule has 1 rings (SSSR count). The molecule has 2 nitrogen and oxygen atoms in total. The number of carbonyl (C=O) groups excluding carboxylic acids is 1. The van der Waals surface area contributed by atoms with Crippen molar-refractivity contribution in [3.63, 3.8) is 0 Å². The predicted molar refractivity (Wildman–Crippen MR) is 77.8 cm³/mol. The molecule has 18 heavy (non-hydrogen) atoms. The monoisotopic (exact) mass is 253 g/mol. The fourth-order valence-corrected chi connectivity index (χ4v) is 3.38. The maximum Gasteiger partial charge on any atom is 0.153 e. The Morgan fingerprint density at radius 3 is 2.56 bits per heavy atom. The lowest BCUT2D eigenvalue weighted by molar-refractivity contribution is -0.133. The summed E-state index contributed by atoms with van der Waals surface area (Å²) in [4.78, 5) is 14.8. The normalized spacial score (nSPS) is 28.6. The van der Waals surface area contributed by atoms with Gasteiger partial charge >= 0.3 is 0 Å². The van der Waals surface area contributed by atoms with Gasteiger partial charge in [-0.2, -0.15) is 0 Å². The average molecular weight is 253 g/mol. The van der Waals surface area contributed by atoms with Gasteiger partial charge in [-0.25, -0.2) is 0 Å². The fourth-order valence-electron chi connectivity index (χ4n) is 3.38. The van der Waals surface area contributed by atoms with Gasteiger partial charge in [0.05, 0.1) is 5.54 Å². The second-order valence-corrected chi connectivity index (χ2v) is 6.36. The Hall–Kier alpha value is -0.370. The molecule has 2 atom stereocenters. The minimum atomic E-state index is -0.149. The van der Waals surface area contributed by atoms with Crippen molar-refractivity contribution in [2.24, 2.45) is 5.92 Å². The Balaban J connectivity index is 2.57. The van der Waals surface area contributed by atoms with E-state index in [1.54, 1.807) is 0 Å². The van der Waals surface area contributed by atoms with Gasteiger partial charge < -0.3 is 0 Å². The van der Waals surface area contributed by atoms with Crippen LogP contribution in [-0.4, -0.2) is 30.3 Å². The third-order valence-corrected chi connectivity index (χ3v) is 4.61. The van der Waals surface area contributed by atoms with Gasteiger partial charge in [-0.1, -0.05) is 46.0 Å². The van der Waals surface area contributed by atoms with E-state index in [0.29, 0.717) is 11.7 Å². The van der Waals surface area contributed by atoms with Crippen LogP contribution in [0.5, 0.6) is 0 Å². The molecule has 2 heteroatoms. The van der Waals surface area contributed by atoms with Crippen molar-refractivity contribution < 1.29 is 4.79 Å². The first-order valence-electron chi connectivity index (χ1n) is 7.73. The third kappa shape index (κ3) is 3.81. The number of Topliss-reactive ketones (excluding diaryl/α,β-unsaturated/α-hetero) is 1. The molecule has 0 heterocycles. The highest BCUT2D eigenvalue weighted by atomic mass is 16.1. The van der Waals surface area contributed by atoms with Crippen LogP contribution in [0.1, 0.15) is 71.6 Å². The molecular formula is C16H31NO. The Morgan fingerprint density at radius 2 is 2.00 bits per heavy atom. The third-order valence-electron chi connectivity index (χ3n) is 4.61.